The van der Waals surface area contributed by atoms with Gasteiger partial charge in [0.15, 0.2) is 5.82 Å². The molecule has 1 N–H and O–H groups in total. The van der Waals surface area contributed by atoms with Crippen LogP contribution in [0.2, 0.25) is 0 Å². The van der Waals surface area contributed by atoms with E-state index >= 15 is 0 Å². The molecule has 1 heterocycles. The minimum atomic E-state index is -0.340. The van der Waals surface area contributed by atoms with Gasteiger partial charge >= 0.3 is 0 Å². The van der Waals surface area contributed by atoms with Gasteiger partial charge in [0.1, 0.15) is 5.82 Å². The Bertz CT molecular complexity index is 925. The van der Waals surface area contributed by atoms with Crippen molar-refractivity contribution in [2.24, 2.45) is 5.10 Å². The van der Waals surface area contributed by atoms with Crippen LogP contribution in [0.4, 0.5) is 10.1 Å². The smallest absolute Gasteiger partial charge is 0.216 e. The van der Waals surface area contributed by atoms with Gasteiger partial charge in [0.25, 0.3) is 0 Å². The standard InChI is InChI=1S/C17H16FN5S/c1-22(2)14-9-7-12(8-10-14)16-20-21-17(24)23(16)19-11-13-5-3-4-6-15(13)18/h3-11H,1-2H3,(H,21,24)/b19-11+. The van der Waals surface area contributed by atoms with Crippen LogP contribution in [-0.2, 0) is 0 Å². The molecule has 0 bridgehead atoms. The van der Waals surface area contributed by atoms with Crippen LogP contribution >= 0.6 is 12.2 Å². The summed E-state index contributed by atoms with van der Waals surface area (Å²) in [5, 5.41) is 11.2. The average Bonchev–Trinajstić information content (AvgIpc) is 2.95. The van der Waals surface area contributed by atoms with E-state index in [0.29, 0.717) is 16.2 Å². The van der Waals surface area contributed by atoms with E-state index in [2.05, 4.69) is 15.3 Å². The molecule has 122 valence electrons. The zero-order chi connectivity index (χ0) is 17.1. The number of hydrogen-bond donors (Lipinski definition) is 1. The van der Waals surface area contributed by atoms with Gasteiger partial charge < -0.3 is 4.90 Å². The summed E-state index contributed by atoms with van der Waals surface area (Å²) in [4.78, 5) is 2.01. The van der Waals surface area contributed by atoms with E-state index in [4.69, 9.17) is 12.2 Å². The van der Waals surface area contributed by atoms with E-state index in [1.807, 2.05) is 43.3 Å². The van der Waals surface area contributed by atoms with Crippen molar-refractivity contribution in [2.45, 2.75) is 0 Å². The van der Waals surface area contributed by atoms with Crippen molar-refractivity contribution in [1.29, 1.82) is 0 Å². The maximum absolute atomic E-state index is 13.7. The molecule has 24 heavy (non-hydrogen) atoms. The lowest BCUT2D eigenvalue weighted by Crippen LogP contribution is -2.08. The van der Waals surface area contributed by atoms with E-state index in [-0.39, 0.29) is 5.82 Å². The van der Waals surface area contributed by atoms with Gasteiger partial charge in [0.05, 0.1) is 6.21 Å². The lowest BCUT2D eigenvalue weighted by atomic mass is 10.2. The zero-order valence-electron chi connectivity index (χ0n) is 13.3. The van der Waals surface area contributed by atoms with Crippen molar-refractivity contribution in [3.8, 4) is 11.4 Å². The maximum Gasteiger partial charge on any atom is 0.216 e. The third-order valence-electron chi connectivity index (χ3n) is 3.51. The van der Waals surface area contributed by atoms with E-state index in [9.17, 15) is 4.39 Å². The highest BCUT2D eigenvalue weighted by atomic mass is 32.1. The third-order valence-corrected chi connectivity index (χ3v) is 3.77. The average molecular weight is 341 g/mol. The van der Waals surface area contributed by atoms with Crippen LogP contribution in [0, 0.1) is 10.6 Å². The number of H-pyrrole nitrogens is 1. The number of rotatable bonds is 4. The van der Waals surface area contributed by atoms with Gasteiger partial charge in [-0.2, -0.15) is 14.9 Å². The fraction of sp³-hybridized carbons (Fsp3) is 0.118. The molecule has 0 spiro atoms. The van der Waals surface area contributed by atoms with Crippen LogP contribution < -0.4 is 4.90 Å². The second-order valence-corrected chi connectivity index (χ2v) is 5.76. The molecule has 0 aliphatic heterocycles. The molecule has 0 amide bonds. The van der Waals surface area contributed by atoms with Crippen LogP contribution in [0.15, 0.2) is 53.6 Å². The van der Waals surface area contributed by atoms with Crippen LogP contribution in [0.1, 0.15) is 5.56 Å². The quantitative estimate of drug-likeness (QED) is 0.581. The molecule has 0 saturated carbocycles. The Kier molecular flexibility index (Phi) is 4.52. The topological polar surface area (TPSA) is 49.2 Å². The molecule has 0 aliphatic rings. The second-order valence-electron chi connectivity index (χ2n) is 5.37. The van der Waals surface area contributed by atoms with Gasteiger partial charge in [-0.3, -0.25) is 0 Å². The molecular formula is C17H16FN5S. The zero-order valence-corrected chi connectivity index (χ0v) is 14.1. The number of aromatic amines is 1. The Morgan fingerprint density at radius 3 is 2.54 bits per heavy atom. The van der Waals surface area contributed by atoms with Crippen molar-refractivity contribution in [2.75, 3.05) is 19.0 Å². The van der Waals surface area contributed by atoms with E-state index in [1.165, 1.54) is 17.0 Å². The van der Waals surface area contributed by atoms with Gasteiger partial charge in [-0.05, 0) is 42.5 Å². The maximum atomic E-state index is 13.7. The summed E-state index contributed by atoms with van der Waals surface area (Å²) in [6.45, 7) is 0. The first kappa shape index (κ1) is 16.1. The molecule has 5 nitrogen and oxygen atoms in total. The monoisotopic (exact) mass is 341 g/mol. The van der Waals surface area contributed by atoms with Crippen molar-refractivity contribution in [3.05, 3.63) is 64.7 Å². The Balaban J connectivity index is 1.97. The van der Waals surface area contributed by atoms with E-state index < -0.39 is 0 Å². The first-order valence-corrected chi connectivity index (χ1v) is 7.71. The molecule has 0 atom stereocenters. The summed E-state index contributed by atoms with van der Waals surface area (Å²) in [6, 6.07) is 14.3. The summed E-state index contributed by atoms with van der Waals surface area (Å²) >= 11 is 5.22. The van der Waals surface area contributed by atoms with Crippen LogP contribution in [0.5, 0.6) is 0 Å². The Morgan fingerprint density at radius 2 is 1.88 bits per heavy atom. The van der Waals surface area contributed by atoms with E-state index in [0.717, 1.165) is 11.3 Å². The fourth-order valence-electron chi connectivity index (χ4n) is 2.19. The van der Waals surface area contributed by atoms with Crippen LogP contribution in [0.25, 0.3) is 11.4 Å². The largest absolute Gasteiger partial charge is 0.378 e. The molecular weight excluding hydrogens is 325 g/mol. The molecule has 0 aliphatic carbocycles. The number of halogens is 1. The molecule has 0 unspecified atom stereocenters. The SMILES string of the molecule is CN(C)c1ccc(-c2n[nH]c(=S)n2/N=C/c2ccccc2F)cc1. The summed E-state index contributed by atoms with van der Waals surface area (Å²) < 4.78 is 15.5. The number of anilines is 1. The summed E-state index contributed by atoms with van der Waals surface area (Å²) in [6.07, 6.45) is 1.43. The van der Waals surface area contributed by atoms with Crippen molar-refractivity contribution in [1.82, 2.24) is 14.9 Å². The molecule has 3 rings (SSSR count). The molecule has 2 aromatic carbocycles. The first-order chi connectivity index (χ1) is 11.6. The number of nitrogens with one attached hydrogen (secondary N) is 1. The predicted molar refractivity (Wildman–Crippen MR) is 96.6 cm³/mol. The highest BCUT2D eigenvalue weighted by Gasteiger charge is 2.08. The highest BCUT2D eigenvalue weighted by molar-refractivity contribution is 7.71. The molecule has 7 heteroatoms. The Hall–Kier alpha value is -2.80. The summed E-state index contributed by atoms with van der Waals surface area (Å²) in [7, 11) is 3.95. The number of hydrogen-bond acceptors (Lipinski definition) is 4. The minimum absolute atomic E-state index is 0.340. The van der Waals surface area contributed by atoms with Gasteiger partial charge in [0, 0.05) is 30.9 Å². The van der Waals surface area contributed by atoms with Crippen molar-refractivity contribution >= 4 is 24.1 Å². The first-order valence-electron chi connectivity index (χ1n) is 7.30. The summed E-state index contributed by atoms with van der Waals surface area (Å²) in [5.41, 5.74) is 2.32. The second kappa shape index (κ2) is 6.76. The summed E-state index contributed by atoms with van der Waals surface area (Å²) in [5.74, 6) is 0.228. The van der Waals surface area contributed by atoms with Crippen molar-refractivity contribution in [3.63, 3.8) is 0 Å². The Morgan fingerprint density at radius 1 is 1.17 bits per heavy atom. The predicted octanol–water partition coefficient (Wildman–Crippen LogP) is 3.69. The molecule has 3 aromatic rings. The van der Waals surface area contributed by atoms with Crippen LogP contribution in [-0.4, -0.2) is 35.2 Å². The number of benzene rings is 2. The Labute approximate surface area is 144 Å². The molecule has 0 radical (unpaired) electrons. The lowest BCUT2D eigenvalue weighted by Gasteiger charge is -2.12. The third kappa shape index (κ3) is 3.26. The fourth-order valence-corrected chi connectivity index (χ4v) is 2.37. The van der Waals surface area contributed by atoms with Gasteiger partial charge in [0.2, 0.25) is 4.77 Å². The minimum Gasteiger partial charge on any atom is -0.378 e. The van der Waals surface area contributed by atoms with E-state index in [1.54, 1.807) is 18.2 Å². The van der Waals surface area contributed by atoms with Gasteiger partial charge in [-0.1, -0.05) is 18.2 Å². The molecule has 1 aromatic heterocycles. The normalized spacial score (nSPS) is 11.1. The van der Waals surface area contributed by atoms with Crippen molar-refractivity contribution < 1.29 is 4.39 Å². The number of nitrogens with zero attached hydrogens (tertiary/aromatic N) is 4. The highest BCUT2D eigenvalue weighted by Crippen LogP contribution is 2.21. The van der Waals surface area contributed by atoms with Gasteiger partial charge in [-0.15, -0.1) is 0 Å². The van der Waals surface area contributed by atoms with Crippen LogP contribution in [0.3, 0.4) is 0 Å². The molecule has 0 saturated heterocycles. The lowest BCUT2D eigenvalue weighted by molar-refractivity contribution is 0.625. The number of aromatic nitrogens is 3. The van der Waals surface area contributed by atoms with Gasteiger partial charge in [-0.25, -0.2) is 9.49 Å². The molecule has 0 fully saturated rings.